The van der Waals surface area contributed by atoms with E-state index in [9.17, 15) is 14.7 Å². The predicted octanol–water partition coefficient (Wildman–Crippen LogP) is 2.30. The molecule has 3 N–H and O–H groups in total. The van der Waals surface area contributed by atoms with E-state index in [0.717, 1.165) is 11.1 Å². The van der Waals surface area contributed by atoms with Crippen LogP contribution in [0.1, 0.15) is 20.3 Å². The summed E-state index contributed by atoms with van der Waals surface area (Å²) in [6.07, 6.45) is -1.02. The van der Waals surface area contributed by atoms with Gasteiger partial charge >= 0.3 is 0 Å². The van der Waals surface area contributed by atoms with E-state index in [-0.39, 0.29) is 18.4 Å². The van der Waals surface area contributed by atoms with Gasteiger partial charge in [-0.2, -0.15) is 0 Å². The monoisotopic (exact) mass is 384 g/mol. The second-order valence-corrected chi connectivity index (χ2v) is 6.77. The Morgan fingerprint density at radius 3 is 2.64 bits per heavy atom. The summed E-state index contributed by atoms with van der Waals surface area (Å²) >= 11 is 0. The van der Waals surface area contributed by atoms with Crippen LogP contribution in [-0.2, 0) is 14.3 Å². The molecule has 7 nitrogen and oxygen atoms in total. The lowest BCUT2D eigenvalue weighted by atomic mass is 10.0. The number of carbonyl (C=O) groups excluding carboxylic acids is 2. The Labute approximate surface area is 163 Å². The highest BCUT2D eigenvalue weighted by Crippen LogP contribution is 2.33. The molecule has 0 aliphatic carbocycles. The summed E-state index contributed by atoms with van der Waals surface area (Å²) in [5.41, 5.74) is 2.38. The Morgan fingerprint density at radius 2 is 1.89 bits per heavy atom. The van der Waals surface area contributed by atoms with E-state index in [0.29, 0.717) is 17.9 Å². The number of aliphatic hydroxyl groups excluding tert-OH is 1. The number of benzene rings is 2. The number of rotatable bonds is 5. The lowest BCUT2D eigenvalue weighted by Gasteiger charge is -2.34. The number of amides is 2. The highest BCUT2D eigenvalue weighted by molar-refractivity contribution is 5.89. The van der Waals surface area contributed by atoms with Crippen LogP contribution in [-0.4, -0.2) is 42.0 Å². The Hall–Kier alpha value is -2.90. The van der Waals surface area contributed by atoms with Gasteiger partial charge in [0.05, 0.1) is 18.8 Å². The van der Waals surface area contributed by atoms with E-state index < -0.39 is 18.4 Å². The van der Waals surface area contributed by atoms with Crippen molar-refractivity contribution < 1.29 is 24.2 Å². The molecule has 3 atom stereocenters. The summed E-state index contributed by atoms with van der Waals surface area (Å²) in [4.78, 5) is 22.8. The van der Waals surface area contributed by atoms with Crippen molar-refractivity contribution in [3.05, 3.63) is 48.5 Å². The lowest BCUT2D eigenvalue weighted by Crippen LogP contribution is -2.52. The van der Waals surface area contributed by atoms with Gasteiger partial charge in [0.25, 0.3) is 0 Å². The van der Waals surface area contributed by atoms with Crippen LogP contribution in [0.4, 0.5) is 5.69 Å². The van der Waals surface area contributed by atoms with Crippen molar-refractivity contribution in [1.82, 2.24) is 5.32 Å². The third kappa shape index (κ3) is 5.09. The largest absolute Gasteiger partial charge is 0.462 e. The van der Waals surface area contributed by atoms with Crippen LogP contribution in [0.2, 0.25) is 0 Å². The first-order valence-corrected chi connectivity index (χ1v) is 9.13. The topological polar surface area (TPSA) is 96.9 Å². The minimum Gasteiger partial charge on any atom is -0.462 e. The average molecular weight is 384 g/mol. The first-order valence-electron chi connectivity index (χ1n) is 9.13. The quantitative estimate of drug-likeness (QED) is 0.735. The van der Waals surface area contributed by atoms with Crippen molar-refractivity contribution in [3.8, 4) is 16.9 Å². The fourth-order valence-electron chi connectivity index (χ4n) is 3.20. The SMILES string of the molecule is CC(=O)Nc1cccc(-c2ccccc2O[C@@H]2OC[C@H](O)CC2NC(C)=O)c1. The van der Waals surface area contributed by atoms with E-state index in [1.807, 2.05) is 48.5 Å². The number of anilines is 1. The standard InChI is InChI=1S/C21H24N2O5/c1-13(24)22-16-7-5-6-15(10-16)18-8-3-4-9-20(18)28-21-19(23-14(2)25)11-17(26)12-27-21/h3-10,17,19,21,26H,11-12H2,1-2H3,(H,22,24)(H,23,25)/t17-,19?,21+/m1/s1. The molecule has 1 saturated heterocycles. The molecule has 0 spiro atoms. The van der Waals surface area contributed by atoms with E-state index in [2.05, 4.69) is 10.6 Å². The molecule has 2 amide bonds. The van der Waals surface area contributed by atoms with Crippen LogP contribution in [0.3, 0.4) is 0 Å². The molecular weight excluding hydrogens is 360 g/mol. The molecule has 0 radical (unpaired) electrons. The maximum Gasteiger partial charge on any atom is 0.221 e. The van der Waals surface area contributed by atoms with Crippen LogP contribution in [0.15, 0.2) is 48.5 Å². The second kappa shape index (κ2) is 8.86. The Morgan fingerprint density at radius 1 is 1.11 bits per heavy atom. The zero-order valence-corrected chi connectivity index (χ0v) is 15.8. The Bertz CT molecular complexity index is 854. The van der Waals surface area contributed by atoms with Crippen molar-refractivity contribution in [1.29, 1.82) is 0 Å². The van der Waals surface area contributed by atoms with Gasteiger partial charge in [-0.1, -0.05) is 30.3 Å². The van der Waals surface area contributed by atoms with Crippen LogP contribution in [0.5, 0.6) is 5.75 Å². The molecule has 1 aliphatic heterocycles. The molecule has 2 aromatic rings. The summed E-state index contributed by atoms with van der Waals surface area (Å²) in [6, 6.07) is 14.5. The summed E-state index contributed by atoms with van der Waals surface area (Å²) in [5.74, 6) is 0.223. The van der Waals surface area contributed by atoms with Gasteiger partial charge in [-0.25, -0.2) is 0 Å². The van der Waals surface area contributed by atoms with Crippen molar-refractivity contribution in [2.45, 2.75) is 38.7 Å². The highest BCUT2D eigenvalue weighted by Gasteiger charge is 2.33. The number of hydrogen-bond donors (Lipinski definition) is 3. The summed E-state index contributed by atoms with van der Waals surface area (Å²) < 4.78 is 11.7. The number of aliphatic hydroxyl groups is 1. The molecule has 0 aromatic heterocycles. The number of ether oxygens (including phenoxy) is 2. The van der Waals surface area contributed by atoms with Crippen LogP contribution < -0.4 is 15.4 Å². The normalized spacial score (nSPS) is 21.6. The lowest BCUT2D eigenvalue weighted by molar-refractivity contribution is -0.162. The van der Waals surface area contributed by atoms with Gasteiger partial charge < -0.3 is 25.2 Å². The molecule has 3 rings (SSSR count). The average Bonchev–Trinajstić information content (AvgIpc) is 2.63. The van der Waals surface area contributed by atoms with Gasteiger partial charge in [-0.05, 0) is 23.8 Å². The summed E-state index contributed by atoms with van der Waals surface area (Å²) in [5, 5.41) is 15.4. The van der Waals surface area contributed by atoms with Gasteiger partial charge in [-0.15, -0.1) is 0 Å². The first kappa shape index (κ1) is 19.9. The van der Waals surface area contributed by atoms with Gasteiger partial charge in [0.2, 0.25) is 18.1 Å². The summed E-state index contributed by atoms with van der Waals surface area (Å²) in [7, 11) is 0. The van der Waals surface area contributed by atoms with Crippen LogP contribution in [0, 0.1) is 0 Å². The second-order valence-electron chi connectivity index (χ2n) is 6.77. The Balaban J connectivity index is 1.86. The van der Waals surface area contributed by atoms with Gasteiger partial charge in [-0.3, -0.25) is 9.59 Å². The van der Waals surface area contributed by atoms with Crippen LogP contribution in [0.25, 0.3) is 11.1 Å². The van der Waals surface area contributed by atoms with Crippen molar-refractivity contribution >= 4 is 17.5 Å². The third-order valence-corrected chi connectivity index (χ3v) is 4.32. The van der Waals surface area contributed by atoms with Gasteiger partial charge in [0, 0.05) is 31.5 Å². The smallest absolute Gasteiger partial charge is 0.221 e. The molecule has 28 heavy (non-hydrogen) atoms. The van der Waals surface area contributed by atoms with Gasteiger partial charge in [0.1, 0.15) is 5.75 Å². The number of hydrogen-bond acceptors (Lipinski definition) is 5. The van der Waals surface area contributed by atoms with E-state index in [1.54, 1.807) is 0 Å². The number of carbonyl (C=O) groups is 2. The fraction of sp³-hybridized carbons (Fsp3) is 0.333. The van der Waals surface area contributed by atoms with E-state index >= 15 is 0 Å². The van der Waals surface area contributed by atoms with Crippen molar-refractivity contribution in [2.75, 3.05) is 11.9 Å². The van der Waals surface area contributed by atoms with E-state index in [4.69, 9.17) is 9.47 Å². The van der Waals surface area contributed by atoms with Crippen LogP contribution >= 0.6 is 0 Å². The summed E-state index contributed by atoms with van der Waals surface area (Å²) in [6.45, 7) is 3.02. The van der Waals surface area contributed by atoms with Crippen molar-refractivity contribution in [2.24, 2.45) is 0 Å². The van der Waals surface area contributed by atoms with Gasteiger partial charge in [0.15, 0.2) is 0 Å². The van der Waals surface area contributed by atoms with Crippen molar-refractivity contribution in [3.63, 3.8) is 0 Å². The molecular formula is C21H24N2O5. The molecule has 0 bridgehead atoms. The zero-order chi connectivity index (χ0) is 20.1. The maximum atomic E-state index is 11.5. The number of para-hydroxylation sites is 1. The van der Waals surface area contributed by atoms with E-state index in [1.165, 1.54) is 13.8 Å². The molecule has 1 fully saturated rings. The molecule has 1 unspecified atom stereocenters. The predicted molar refractivity (Wildman–Crippen MR) is 105 cm³/mol. The molecule has 0 saturated carbocycles. The molecule has 148 valence electrons. The molecule has 1 heterocycles. The Kier molecular flexibility index (Phi) is 6.28. The molecule has 7 heteroatoms. The zero-order valence-electron chi connectivity index (χ0n) is 15.8. The third-order valence-electron chi connectivity index (χ3n) is 4.32. The maximum absolute atomic E-state index is 11.5. The highest BCUT2D eigenvalue weighted by atomic mass is 16.7. The molecule has 1 aliphatic rings. The fourth-order valence-corrected chi connectivity index (χ4v) is 3.20. The number of nitrogens with one attached hydrogen (secondary N) is 2. The minimum absolute atomic E-state index is 0.140. The molecule has 2 aromatic carbocycles. The first-order chi connectivity index (χ1) is 13.4. The minimum atomic E-state index is -0.716.